The first-order valence-corrected chi connectivity index (χ1v) is 11.0. The average molecular weight is 431 g/mol. The second-order valence-corrected chi connectivity index (χ2v) is 9.38. The van der Waals surface area contributed by atoms with Crippen LogP contribution in [0.3, 0.4) is 0 Å². The van der Waals surface area contributed by atoms with E-state index in [2.05, 4.69) is 5.32 Å². The van der Waals surface area contributed by atoms with Crippen molar-refractivity contribution in [2.24, 2.45) is 5.92 Å². The molecule has 1 fully saturated rings. The van der Waals surface area contributed by atoms with Gasteiger partial charge < -0.3 is 24.1 Å². The molecule has 7 nitrogen and oxygen atoms in total. The van der Waals surface area contributed by atoms with Crippen molar-refractivity contribution in [2.75, 3.05) is 19.6 Å². The van der Waals surface area contributed by atoms with Gasteiger partial charge in [-0.25, -0.2) is 4.79 Å². The highest BCUT2D eigenvalue weighted by Gasteiger charge is 2.29. The Morgan fingerprint density at radius 3 is 2.52 bits per heavy atom. The van der Waals surface area contributed by atoms with Crippen molar-refractivity contribution in [1.82, 2.24) is 10.2 Å². The summed E-state index contributed by atoms with van der Waals surface area (Å²) in [5, 5.41) is 3.76. The van der Waals surface area contributed by atoms with Gasteiger partial charge in [0.15, 0.2) is 5.76 Å². The van der Waals surface area contributed by atoms with Crippen molar-refractivity contribution in [2.45, 2.75) is 65.8 Å². The normalized spacial score (nSPS) is 15.5. The fraction of sp³-hybridized carbons (Fsp3) is 0.583. The third-order valence-electron chi connectivity index (χ3n) is 5.29. The van der Waals surface area contributed by atoms with Gasteiger partial charge in [0.1, 0.15) is 11.2 Å². The second-order valence-electron chi connectivity index (χ2n) is 9.38. The van der Waals surface area contributed by atoms with Crippen LogP contribution in [0.25, 0.3) is 11.0 Å². The summed E-state index contributed by atoms with van der Waals surface area (Å²) in [6.07, 6.45) is 1.30. The van der Waals surface area contributed by atoms with Crippen molar-refractivity contribution in [3.05, 3.63) is 35.6 Å². The summed E-state index contributed by atoms with van der Waals surface area (Å²) < 4.78 is 17.0. The smallest absolute Gasteiger partial charge is 0.407 e. The SMILES string of the molecule is CC(C)OCc1c(C(=O)N2CCC(CNC(=O)OC(C)(C)C)CC2)oc2ccccc12. The summed E-state index contributed by atoms with van der Waals surface area (Å²) in [5.74, 6) is 0.584. The number of amides is 2. The second kappa shape index (κ2) is 9.73. The van der Waals surface area contributed by atoms with Crippen LogP contribution in [0.5, 0.6) is 0 Å². The van der Waals surface area contributed by atoms with Crippen LogP contribution >= 0.6 is 0 Å². The van der Waals surface area contributed by atoms with Crippen LogP contribution in [0, 0.1) is 5.92 Å². The van der Waals surface area contributed by atoms with E-state index in [1.54, 1.807) is 0 Å². The van der Waals surface area contributed by atoms with Gasteiger partial charge in [-0.05, 0) is 59.4 Å². The maximum atomic E-state index is 13.3. The molecule has 1 N–H and O–H groups in total. The number of piperidine rings is 1. The number of para-hydroxylation sites is 1. The van der Waals surface area contributed by atoms with E-state index >= 15 is 0 Å². The number of nitrogens with zero attached hydrogens (tertiary/aromatic N) is 1. The van der Waals surface area contributed by atoms with Crippen molar-refractivity contribution in [3.8, 4) is 0 Å². The van der Waals surface area contributed by atoms with Crippen LogP contribution in [0.4, 0.5) is 4.79 Å². The Balaban J connectivity index is 1.61. The molecule has 1 aliphatic heterocycles. The largest absolute Gasteiger partial charge is 0.451 e. The Hall–Kier alpha value is -2.54. The lowest BCUT2D eigenvalue weighted by molar-refractivity contribution is 0.0495. The molecule has 31 heavy (non-hydrogen) atoms. The van der Waals surface area contributed by atoms with Crippen LogP contribution in [0.15, 0.2) is 28.7 Å². The molecule has 0 spiro atoms. The predicted molar refractivity (Wildman–Crippen MR) is 119 cm³/mol. The molecular weight excluding hydrogens is 396 g/mol. The van der Waals surface area contributed by atoms with E-state index in [1.807, 2.05) is 63.8 Å². The van der Waals surface area contributed by atoms with Crippen LogP contribution in [0.2, 0.25) is 0 Å². The molecule has 0 unspecified atom stereocenters. The third kappa shape index (κ3) is 6.23. The molecule has 0 bridgehead atoms. The number of ether oxygens (including phenoxy) is 2. The van der Waals surface area contributed by atoms with E-state index in [-0.39, 0.29) is 12.0 Å². The highest BCUT2D eigenvalue weighted by atomic mass is 16.6. The molecule has 2 heterocycles. The van der Waals surface area contributed by atoms with E-state index in [4.69, 9.17) is 13.9 Å². The Morgan fingerprint density at radius 1 is 1.19 bits per heavy atom. The molecule has 0 atom stereocenters. The maximum absolute atomic E-state index is 13.3. The molecule has 170 valence electrons. The number of hydrogen-bond acceptors (Lipinski definition) is 5. The van der Waals surface area contributed by atoms with E-state index in [9.17, 15) is 9.59 Å². The van der Waals surface area contributed by atoms with Crippen LogP contribution < -0.4 is 5.32 Å². The molecule has 1 aromatic carbocycles. The number of rotatable bonds is 6. The molecule has 1 saturated heterocycles. The highest BCUT2D eigenvalue weighted by molar-refractivity contribution is 5.99. The third-order valence-corrected chi connectivity index (χ3v) is 5.29. The first-order valence-electron chi connectivity index (χ1n) is 11.0. The van der Waals surface area contributed by atoms with Gasteiger partial charge in [0.05, 0.1) is 12.7 Å². The van der Waals surface area contributed by atoms with Gasteiger partial charge in [-0.15, -0.1) is 0 Å². The summed E-state index contributed by atoms with van der Waals surface area (Å²) in [5.41, 5.74) is 0.997. The molecular formula is C24H34N2O5. The number of benzene rings is 1. The van der Waals surface area contributed by atoms with E-state index in [0.29, 0.717) is 43.5 Å². The zero-order valence-corrected chi connectivity index (χ0v) is 19.2. The average Bonchev–Trinajstić information content (AvgIpc) is 3.08. The van der Waals surface area contributed by atoms with Crippen LogP contribution in [-0.4, -0.2) is 48.2 Å². The Morgan fingerprint density at radius 2 is 1.87 bits per heavy atom. The maximum Gasteiger partial charge on any atom is 0.407 e. The zero-order valence-electron chi connectivity index (χ0n) is 19.2. The number of fused-ring (bicyclic) bond motifs is 1. The molecule has 2 amide bonds. The Labute approximate surface area is 184 Å². The lowest BCUT2D eigenvalue weighted by Gasteiger charge is -2.32. The molecule has 1 aromatic heterocycles. The first kappa shape index (κ1) is 23.1. The summed E-state index contributed by atoms with van der Waals surface area (Å²) in [4.78, 5) is 27.0. The summed E-state index contributed by atoms with van der Waals surface area (Å²) >= 11 is 0. The fourth-order valence-corrected chi connectivity index (χ4v) is 3.69. The van der Waals surface area contributed by atoms with Gasteiger partial charge in [-0.3, -0.25) is 4.79 Å². The number of alkyl carbamates (subject to hydrolysis) is 1. The molecule has 0 radical (unpaired) electrons. The van der Waals surface area contributed by atoms with Gasteiger partial charge in [0.25, 0.3) is 5.91 Å². The van der Waals surface area contributed by atoms with Gasteiger partial charge >= 0.3 is 6.09 Å². The van der Waals surface area contributed by atoms with Gasteiger partial charge in [-0.1, -0.05) is 18.2 Å². The summed E-state index contributed by atoms with van der Waals surface area (Å²) in [7, 11) is 0. The molecule has 1 aliphatic rings. The van der Waals surface area contributed by atoms with Crippen molar-refractivity contribution >= 4 is 23.0 Å². The monoisotopic (exact) mass is 430 g/mol. The minimum atomic E-state index is -0.510. The molecule has 0 aliphatic carbocycles. The molecule has 2 aromatic rings. The lowest BCUT2D eigenvalue weighted by Crippen LogP contribution is -2.42. The van der Waals surface area contributed by atoms with E-state index in [1.165, 1.54) is 0 Å². The fourth-order valence-electron chi connectivity index (χ4n) is 3.69. The number of carbonyl (C=O) groups is 2. The summed E-state index contributed by atoms with van der Waals surface area (Å²) in [6, 6.07) is 7.67. The molecule has 3 rings (SSSR count). The van der Waals surface area contributed by atoms with Gasteiger partial charge in [-0.2, -0.15) is 0 Å². The van der Waals surface area contributed by atoms with Crippen molar-refractivity contribution in [3.63, 3.8) is 0 Å². The number of carbonyl (C=O) groups excluding carboxylic acids is 2. The topological polar surface area (TPSA) is 81.0 Å². The number of nitrogens with one attached hydrogen (secondary N) is 1. The standard InChI is InChI=1S/C24H34N2O5/c1-16(2)29-15-19-18-8-6-7-9-20(18)30-21(19)22(27)26-12-10-17(11-13-26)14-25-23(28)31-24(3,4)5/h6-9,16-17H,10-15H2,1-5H3,(H,25,28). The zero-order chi connectivity index (χ0) is 22.6. The molecule has 0 saturated carbocycles. The van der Waals surface area contributed by atoms with Crippen LogP contribution in [-0.2, 0) is 16.1 Å². The lowest BCUT2D eigenvalue weighted by atomic mass is 9.96. The Bertz CT molecular complexity index is 904. The molecule has 7 heteroatoms. The highest BCUT2D eigenvalue weighted by Crippen LogP contribution is 2.29. The van der Waals surface area contributed by atoms with Gasteiger partial charge in [0.2, 0.25) is 0 Å². The van der Waals surface area contributed by atoms with E-state index < -0.39 is 11.7 Å². The van der Waals surface area contributed by atoms with Gasteiger partial charge in [0, 0.05) is 30.6 Å². The quantitative estimate of drug-likeness (QED) is 0.716. The minimum absolute atomic E-state index is 0.0600. The Kier molecular flexibility index (Phi) is 7.26. The number of hydrogen-bond donors (Lipinski definition) is 1. The van der Waals surface area contributed by atoms with Crippen molar-refractivity contribution < 1.29 is 23.5 Å². The summed E-state index contributed by atoms with van der Waals surface area (Å²) in [6.45, 7) is 11.6. The van der Waals surface area contributed by atoms with Crippen LogP contribution in [0.1, 0.15) is 63.6 Å². The van der Waals surface area contributed by atoms with E-state index in [0.717, 1.165) is 23.8 Å². The predicted octanol–water partition coefficient (Wildman–Crippen LogP) is 4.73. The van der Waals surface area contributed by atoms with Crippen molar-refractivity contribution in [1.29, 1.82) is 0 Å². The minimum Gasteiger partial charge on any atom is -0.451 e. The number of furan rings is 1. The number of likely N-dealkylation sites (tertiary alicyclic amines) is 1. The first-order chi connectivity index (χ1) is 14.6.